The third-order valence-corrected chi connectivity index (χ3v) is 5.28. The van der Waals surface area contributed by atoms with E-state index in [-0.39, 0.29) is 12.6 Å². The van der Waals surface area contributed by atoms with Crippen molar-refractivity contribution in [2.24, 2.45) is 0 Å². The Morgan fingerprint density at radius 3 is 2.93 bits per heavy atom. The van der Waals surface area contributed by atoms with Crippen LogP contribution < -0.4 is 10.1 Å². The van der Waals surface area contributed by atoms with Crippen molar-refractivity contribution >= 4 is 27.4 Å². The molecular weight excluding hydrogens is 382 g/mol. The Kier molecular flexibility index (Phi) is 5.36. The first kappa shape index (κ1) is 18.8. The molecule has 2 aromatic carbocycles. The number of ether oxygens (including phenoxy) is 1. The van der Waals surface area contributed by atoms with Gasteiger partial charge in [-0.15, -0.1) is 11.3 Å². The Bertz CT molecular complexity index is 1200. The second kappa shape index (κ2) is 8.25. The van der Waals surface area contributed by atoms with Gasteiger partial charge in [0.05, 0.1) is 27.5 Å². The van der Waals surface area contributed by atoms with Crippen LogP contribution in [0.4, 0.5) is 5.82 Å². The summed E-state index contributed by atoms with van der Waals surface area (Å²) in [5, 5.41) is 12.1. The van der Waals surface area contributed by atoms with Gasteiger partial charge in [-0.3, -0.25) is 0 Å². The van der Waals surface area contributed by atoms with Crippen LogP contribution >= 0.6 is 11.3 Å². The van der Waals surface area contributed by atoms with Crippen LogP contribution in [0.2, 0.25) is 0 Å². The predicted octanol–water partition coefficient (Wildman–Crippen LogP) is 5.14. The molecule has 0 spiro atoms. The zero-order valence-corrected chi connectivity index (χ0v) is 16.9. The van der Waals surface area contributed by atoms with Gasteiger partial charge in [0.2, 0.25) is 0 Å². The third-order valence-electron chi connectivity index (χ3n) is 4.49. The molecule has 0 saturated heterocycles. The number of nitrogens with zero attached hydrogens (tertiary/aromatic N) is 4. The number of aryl methyl sites for hydroxylation is 1. The molecule has 6 nitrogen and oxygen atoms in total. The summed E-state index contributed by atoms with van der Waals surface area (Å²) in [6, 6.07) is 17.8. The van der Waals surface area contributed by atoms with Gasteiger partial charge in [-0.25, -0.2) is 15.0 Å². The molecule has 1 N–H and O–H groups in total. The average molecular weight is 401 g/mol. The monoisotopic (exact) mass is 401 g/mol. The highest BCUT2D eigenvalue weighted by atomic mass is 32.1. The molecule has 4 aromatic rings. The van der Waals surface area contributed by atoms with E-state index in [4.69, 9.17) is 10.00 Å². The van der Waals surface area contributed by atoms with E-state index in [9.17, 15) is 0 Å². The fraction of sp³-hybridized carbons (Fsp3) is 0.182. The molecule has 29 heavy (non-hydrogen) atoms. The quantitative estimate of drug-likeness (QED) is 0.482. The van der Waals surface area contributed by atoms with E-state index in [1.165, 1.54) is 0 Å². The summed E-state index contributed by atoms with van der Waals surface area (Å²) < 4.78 is 6.54. The summed E-state index contributed by atoms with van der Waals surface area (Å²) in [7, 11) is 0. The van der Waals surface area contributed by atoms with Gasteiger partial charge >= 0.3 is 0 Å². The van der Waals surface area contributed by atoms with Crippen LogP contribution in [0.25, 0.3) is 21.5 Å². The first-order valence-corrected chi connectivity index (χ1v) is 10.1. The Morgan fingerprint density at radius 2 is 2.07 bits per heavy atom. The minimum absolute atomic E-state index is 0.00626. The topological polar surface area (TPSA) is 83.7 Å². The van der Waals surface area contributed by atoms with E-state index < -0.39 is 0 Å². The summed E-state index contributed by atoms with van der Waals surface area (Å²) in [5.74, 6) is 2.13. The number of fused-ring (bicyclic) bond motifs is 1. The van der Waals surface area contributed by atoms with E-state index in [2.05, 4.69) is 33.3 Å². The molecule has 7 heteroatoms. The second-order valence-corrected chi connectivity index (χ2v) is 7.49. The number of aromatic nitrogens is 3. The molecule has 0 aliphatic heterocycles. The standard InChI is InChI=1S/C22H19N5OS/c1-14(16-4-3-5-18(10-16)28-9-8-23)25-22-12-20(26-15(2)27-22)17-6-7-19-21(11-17)29-13-24-19/h3-7,10-14H,9H2,1-2H3,(H,25,26,27). The number of rotatable bonds is 6. The lowest BCUT2D eigenvalue weighted by molar-refractivity contribution is 0.367. The minimum Gasteiger partial charge on any atom is -0.479 e. The van der Waals surface area contributed by atoms with Crippen molar-refractivity contribution in [2.45, 2.75) is 19.9 Å². The minimum atomic E-state index is 0.00626. The van der Waals surface area contributed by atoms with Crippen molar-refractivity contribution in [2.75, 3.05) is 11.9 Å². The van der Waals surface area contributed by atoms with Crippen LogP contribution in [-0.4, -0.2) is 21.6 Å². The summed E-state index contributed by atoms with van der Waals surface area (Å²) in [6.07, 6.45) is 0. The molecular formula is C22H19N5OS. The van der Waals surface area contributed by atoms with Gasteiger partial charge in [0.1, 0.15) is 23.5 Å². The molecule has 0 fully saturated rings. The SMILES string of the molecule is Cc1nc(NC(C)c2cccc(OCC#N)c2)cc(-c2ccc3ncsc3c2)n1. The van der Waals surface area contributed by atoms with Crippen LogP contribution in [0, 0.1) is 18.3 Å². The van der Waals surface area contributed by atoms with Gasteiger partial charge in [-0.1, -0.05) is 18.2 Å². The highest BCUT2D eigenvalue weighted by Crippen LogP contribution is 2.28. The molecule has 0 amide bonds. The van der Waals surface area contributed by atoms with Crippen molar-refractivity contribution in [1.29, 1.82) is 5.26 Å². The maximum Gasteiger partial charge on any atom is 0.174 e. The van der Waals surface area contributed by atoms with E-state index in [0.717, 1.165) is 32.9 Å². The number of nitrogens with one attached hydrogen (secondary N) is 1. The van der Waals surface area contributed by atoms with Gasteiger partial charge in [-0.05, 0) is 43.7 Å². The molecule has 0 bridgehead atoms. The molecule has 1 unspecified atom stereocenters. The Morgan fingerprint density at radius 1 is 1.17 bits per heavy atom. The molecule has 2 aromatic heterocycles. The van der Waals surface area contributed by atoms with Crippen molar-refractivity contribution in [3.63, 3.8) is 0 Å². The molecule has 4 rings (SSSR count). The van der Waals surface area contributed by atoms with E-state index in [1.54, 1.807) is 11.3 Å². The average Bonchev–Trinajstić information content (AvgIpc) is 3.20. The number of nitriles is 1. The summed E-state index contributed by atoms with van der Waals surface area (Å²) >= 11 is 1.62. The Balaban J connectivity index is 1.58. The highest BCUT2D eigenvalue weighted by molar-refractivity contribution is 7.16. The van der Waals surface area contributed by atoms with Crippen LogP contribution in [0.15, 0.2) is 54.0 Å². The maximum atomic E-state index is 8.69. The normalized spacial score (nSPS) is 11.8. The van der Waals surface area contributed by atoms with E-state index in [0.29, 0.717) is 11.6 Å². The predicted molar refractivity (Wildman–Crippen MR) is 115 cm³/mol. The summed E-state index contributed by atoms with van der Waals surface area (Å²) in [6.45, 7) is 3.98. The molecule has 0 aliphatic carbocycles. The molecule has 1 atom stereocenters. The van der Waals surface area contributed by atoms with Crippen molar-refractivity contribution in [3.8, 4) is 23.1 Å². The van der Waals surface area contributed by atoms with Gasteiger partial charge in [0.25, 0.3) is 0 Å². The number of hydrogen-bond acceptors (Lipinski definition) is 7. The summed E-state index contributed by atoms with van der Waals surface area (Å²) in [5.41, 5.74) is 5.80. The lowest BCUT2D eigenvalue weighted by Crippen LogP contribution is -2.09. The van der Waals surface area contributed by atoms with E-state index in [1.807, 2.05) is 61.0 Å². The smallest absolute Gasteiger partial charge is 0.174 e. The zero-order valence-electron chi connectivity index (χ0n) is 16.1. The molecule has 0 aliphatic rings. The number of anilines is 1. The lowest BCUT2D eigenvalue weighted by Gasteiger charge is -2.17. The summed E-state index contributed by atoms with van der Waals surface area (Å²) in [4.78, 5) is 13.5. The zero-order chi connectivity index (χ0) is 20.2. The highest BCUT2D eigenvalue weighted by Gasteiger charge is 2.11. The van der Waals surface area contributed by atoms with Gasteiger partial charge in [-0.2, -0.15) is 5.26 Å². The Labute approximate surface area is 172 Å². The fourth-order valence-corrected chi connectivity index (χ4v) is 3.81. The fourth-order valence-electron chi connectivity index (χ4n) is 3.10. The van der Waals surface area contributed by atoms with Crippen molar-refractivity contribution < 1.29 is 4.74 Å². The van der Waals surface area contributed by atoms with Crippen molar-refractivity contribution in [3.05, 3.63) is 65.4 Å². The Hall–Kier alpha value is -3.50. The molecule has 144 valence electrons. The molecule has 0 saturated carbocycles. The van der Waals surface area contributed by atoms with Gasteiger partial charge in [0.15, 0.2) is 6.61 Å². The largest absolute Gasteiger partial charge is 0.479 e. The van der Waals surface area contributed by atoms with Gasteiger partial charge < -0.3 is 10.1 Å². The molecule has 0 radical (unpaired) electrons. The van der Waals surface area contributed by atoms with Crippen LogP contribution in [0.1, 0.15) is 24.4 Å². The van der Waals surface area contributed by atoms with Crippen LogP contribution in [0.3, 0.4) is 0 Å². The number of hydrogen-bond donors (Lipinski definition) is 1. The lowest BCUT2D eigenvalue weighted by atomic mass is 10.1. The number of thiazole rings is 1. The number of benzene rings is 2. The first-order valence-electron chi connectivity index (χ1n) is 9.18. The third kappa shape index (κ3) is 4.33. The van der Waals surface area contributed by atoms with Crippen LogP contribution in [0.5, 0.6) is 5.75 Å². The van der Waals surface area contributed by atoms with Crippen molar-refractivity contribution in [1.82, 2.24) is 15.0 Å². The second-order valence-electron chi connectivity index (χ2n) is 6.61. The van der Waals surface area contributed by atoms with E-state index >= 15 is 0 Å². The maximum absolute atomic E-state index is 8.69. The first-order chi connectivity index (χ1) is 14.1. The van der Waals surface area contributed by atoms with Gasteiger partial charge in [0, 0.05) is 11.6 Å². The molecule has 2 heterocycles. The van der Waals surface area contributed by atoms with Crippen LogP contribution in [-0.2, 0) is 0 Å².